The van der Waals surface area contributed by atoms with E-state index >= 15 is 0 Å². The minimum absolute atomic E-state index is 0.231. The molecule has 0 bridgehead atoms. The molecule has 0 atom stereocenters. The van der Waals surface area contributed by atoms with Gasteiger partial charge in [-0.3, -0.25) is 0 Å². The lowest BCUT2D eigenvalue weighted by atomic mass is 9.93. The molecule has 0 amide bonds. The molecule has 3 rings (SSSR count). The van der Waals surface area contributed by atoms with Gasteiger partial charge < -0.3 is 24.4 Å². The number of aliphatic hydroxyl groups is 2. The molecule has 6 heteroatoms. The molecule has 0 radical (unpaired) electrons. The molecule has 2 N–H and O–H groups in total. The van der Waals surface area contributed by atoms with Gasteiger partial charge in [0, 0.05) is 17.0 Å². The Morgan fingerprint density at radius 3 is 2.16 bits per heavy atom. The molecule has 0 unspecified atom stereocenters. The van der Waals surface area contributed by atoms with Gasteiger partial charge in [0.25, 0.3) is 0 Å². The van der Waals surface area contributed by atoms with Crippen LogP contribution in [0.5, 0.6) is 17.2 Å². The van der Waals surface area contributed by atoms with Crippen LogP contribution in [-0.4, -0.2) is 36.5 Å². The van der Waals surface area contributed by atoms with Crippen molar-refractivity contribution in [3.8, 4) is 17.2 Å². The van der Waals surface area contributed by atoms with Crippen LogP contribution in [0.4, 0.5) is 0 Å². The third-order valence-corrected chi connectivity index (χ3v) is 4.99. The van der Waals surface area contributed by atoms with Crippen LogP contribution in [0.1, 0.15) is 33.0 Å². The monoisotopic (exact) mass is 422 g/mol. The number of esters is 1. The maximum absolute atomic E-state index is 13.1. The summed E-state index contributed by atoms with van der Waals surface area (Å²) >= 11 is 0. The standard InChI is InChI=1S/C25H26O6/c1-17-23(25(28)31-20-11-7-4-8-12-20)22(30-16-18-9-5-3-6-10-18)13-21(24(17)29-2)19(14-26)15-27/h3-13,19,26-27H,14-16H2,1-2H3. The van der Waals surface area contributed by atoms with Crippen molar-refractivity contribution in [2.24, 2.45) is 0 Å². The first-order valence-corrected chi connectivity index (χ1v) is 9.96. The highest BCUT2D eigenvalue weighted by Crippen LogP contribution is 2.38. The smallest absolute Gasteiger partial charge is 0.347 e. The highest BCUT2D eigenvalue weighted by molar-refractivity contribution is 5.96. The highest BCUT2D eigenvalue weighted by atomic mass is 16.5. The van der Waals surface area contributed by atoms with E-state index in [0.717, 1.165) is 5.56 Å². The minimum Gasteiger partial charge on any atom is -0.496 e. The molecule has 6 nitrogen and oxygen atoms in total. The quantitative estimate of drug-likeness (QED) is 0.402. The maximum Gasteiger partial charge on any atom is 0.347 e. The van der Waals surface area contributed by atoms with Crippen molar-refractivity contribution in [2.45, 2.75) is 19.4 Å². The second kappa shape index (κ2) is 10.6. The van der Waals surface area contributed by atoms with E-state index < -0.39 is 11.9 Å². The first kappa shape index (κ1) is 22.3. The van der Waals surface area contributed by atoms with Gasteiger partial charge in [-0.25, -0.2) is 4.79 Å². The Morgan fingerprint density at radius 2 is 1.58 bits per heavy atom. The van der Waals surface area contributed by atoms with Crippen molar-refractivity contribution in [1.82, 2.24) is 0 Å². The number of methoxy groups -OCH3 is 1. The summed E-state index contributed by atoms with van der Waals surface area (Å²) in [6.07, 6.45) is 0. The van der Waals surface area contributed by atoms with Crippen molar-refractivity contribution in [3.05, 3.63) is 89.0 Å². The molecular formula is C25H26O6. The van der Waals surface area contributed by atoms with Crippen LogP contribution in [0.15, 0.2) is 66.7 Å². The molecule has 3 aromatic carbocycles. The van der Waals surface area contributed by atoms with Crippen LogP contribution in [0.2, 0.25) is 0 Å². The summed E-state index contributed by atoms with van der Waals surface area (Å²) < 4.78 is 17.1. The van der Waals surface area contributed by atoms with Gasteiger partial charge in [0.15, 0.2) is 0 Å². The minimum atomic E-state index is -0.582. The van der Waals surface area contributed by atoms with Crippen LogP contribution >= 0.6 is 0 Å². The van der Waals surface area contributed by atoms with Crippen LogP contribution in [0, 0.1) is 6.92 Å². The predicted octanol–water partition coefficient (Wildman–Crippen LogP) is 3.87. The fourth-order valence-electron chi connectivity index (χ4n) is 3.37. The predicted molar refractivity (Wildman–Crippen MR) is 117 cm³/mol. The lowest BCUT2D eigenvalue weighted by molar-refractivity contribution is 0.0728. The van der Waals surface area contributed by atoms with E-state index in [0.29, 0.717) is 28.4 Å². The molecule has 0 spiro atoms. The molecule has 0 aromatic heterocycles. The first-order valence-electron chi connectivity index (χ1n) is 9.96. The second-order valence-electron chi connectivity index (χ2n) is 7.04. The van der Waals surface area contributed by atoms with Gasteiger partial charge in [-0.15, -0.1) is 0 Å². The zero-order chi connectivity index (χ0) is 22.2. The van der Waals surface area contributed by atoms with Crippen molar-refractivity contribution >= 4 is 5.97 Å². The largest absolute Gasteiger partial charge is 0.496 e. The molecule has 0 saturated heterocycles. The number of hydrogen-bond donors (Lipinski definition) is 2. The zero-order valence-corrected chi connectivity index (χ0v) is 17.6. The average molecular weight is 422 g/mol. The zero-order valence-electron chi connectivity index (χ0n) is 17.6. The Balaban J connectivity index is 2.05. The number of hydrogen-bond acceptors (Lipinski definition) is 6. The van der Waals surface area contributed by atoms with Crippen molar-refractivity contribution in [1.29, 1.82) is 0 Å². The normalized spacial score (nSPS) is 10.7. The lowest BCUT2D eigenvalue weighted by Crippen LogP contribution is -2.17. The molecule has 162 valence electrons. The maximum atomic E-state index is 13.1. The number of ether oxygens (including phenoxy) is 3. The van der Waals surface area contributed by atoms with Gasteiger partial charge >= 0.3 is 5.97 Å². The van der Waals surface area contributed by atoms with E-state index in [2.05, 4.69) is 0 Å². The van der Waals surface area contributed by atoms with Gasteiger partial charge in [0.05, 0.1) is 20.3 Å². The van der Waals surface area contributed by atoms with Crippen molar-refractivity contribution in [2.75, 3.05) is 20.3 Å². The number of benzene rings is 3. The van der Waals surface area contributed by atoms with Gasteiger partial charge in [-0.1, -0.05) is 48.5 Å². The van der Waals surface area contributed by atoms with Crippen LogP contribution in [0.25, 0.3) is 0 Å². The van der Waals surface area contributed by atoms with Crippen LogP contribution in [-0.2, 0) is 6.61 Å². The highest BCUT2D eigenvalue weighted by Gasteiger charge is 2.27. The Bertz CT molecular complexity index is 998. The van der Waals surface area contributed by atoms with E-state index in [1.54, 1.807) is 37.3 Å². The van der Waals surface area contributed by atoms with Crippen LogP contribution in [0.3, 0.4) is 0 Å². The van der Waals surface area contributed by atoms with Crippen LogP contribution < -0.4 is 14.2 Å². The van der Waals surface area contributed by atoms with Gasteiger partial charge in [0.2, 0.25) is 0 Å². The summed E-state index contributed by atoms with van der Waals surface area (Å²) in [6, 6.07) is 20.0. The first-order chi connectivity index (χ1) is 15.1. The van der Waals surface area contributed by atoms with Crippen molar-refractivity contribution in [3.63, 3.8) is 0 Å². The number of para-hydroxylation sites is 1. The molecule has 3 aromatic rings. The van der Waals surface area contributed by atoms with Gasteiger partial charge in [0.1, 0.15) is 29.4 Å². The molecular weight excluding hydrogens is 396 g/mol. The Morgan fingerprint density at radius 1 is 0.968 bits per heavy atom. The molecule has 0 fully saturated rings. The lowest BCUT2D eigenvalue weighted by Gasteiger charge is -2.22. The van der Waals surface area contributed by atoms with Crippen molar-refractivity contribution < 1.29 is 29.2 Å². The van der Waals surface area contributed by atoms with Gasteiger partial charge in [-0.05, 0) is 30.7 Å². The molecule has 31 heavy (non-hydrogen) atoms. The topological polar surface area (TPSA) is 85.2 Å². The third-order valence-electron chi connectivity index (χ3n) is 4.99. The molecule has 0 saturated carbocycles. The fraction of sp³-hybridized carbons (Fsp3) is 0.240. The molecule has 0 heterocycles. The molecule has 0 aliphatic carbocycles. The van der Waals surface area contributed by atoms with E-state index in [4.69, 9.17) is 14.2 Å². The number of carbonyl (C=O) groups excluding carboxylic acids is 1. The molecule has 0 aliphatic heterocycles. The summed E-state index contributed by atoms with van der Waals surface area (Å²) in [5.41, 5.74) is 2.23. The average Bonchev–Trinajstić information content (AvgIpc) is 2.79. The van der Waals surface area contributed by atoms with E-state index in [9.17, 15) is 15.0 Å². The fourth-order valence-corrected chi connectivity index (χ4v) is 3.37. The van der Waals surface area contributed by atoms with E-state index in [1.165, 1.54) is 7.11 Å². The van der Waals surface area contributed by atoms with E-state index in [1.807, 2.05) is 36.4 Å². The van der Waals surface area contributed by atoms with E-state index in [-0.39, 0.29) is 25.4 Å². The summed E-state index contributed by atoms with van der Waals surface area (Å²) in [5.74, 6) is -0.0502. The Hall–Kier alpha value is -3.35. The number of carbonyl (C=O) groups is 1. The summed E-state index contributed by atoms with van der Waals surface area (Å²) in [5, 5.41) is 19.4. The SMILES string of the molecule is COc1c(C(CO)CO)cc(OCc2ccccc2)c(C(=O)Oc2ccccc2)c1C. The Kier molecular flexibility index (Phi) is 7.65. The molecule has 0 aliphatic rings. The second-order valence-corrected chi connectivity index (χ2v) is 7.04. The number of aliphatic hydroxyl groups excluding tert-OH is 2. The third kappa shape index (κ3) is 5.23. The number of rotatable bonds is 9. The summed E-state index contributed by atoms with van der Waals surface area (Å²) in [7, 11) is 1.48. The van der Waals surface area contributed by atoms with Gasteiger partial charge in [-0.2, -0.15) is 0 Å². The summed E-state index contributed by atoms with van der Waals surface area (Å²) in [6.45, 7) is 1.40. The summed E-state index contributed by atoms with van der Waals surface area (Å²) in [4.78, 5) is 13.1. The Labute approximate surface area is 181 Å².